The monoisotopic (exact) mass is 293 g/mol. The van der Waals surface area contributed by atoms with Crippen molar-refractivity contribution in [1.29, 1.82) is 0 Å². The molecule has 2 rings (SSSR count). The second-order valence-corrected chi connectivity index (χ2v) is 4.72. The molecule has 1 heterocycles. The molecule has 0 aliphatic carbocycles. The van der Waals surface area contributed by atoms with Crippen LogP contribution in [0.25, 0.3) is 0 Å². The first kappa shape index (κ1) is 14.4. The number of amides is 1. The number of methoxy groups -OCH3 is 1. The molecule has 5 nitrogen and oxygen atoms in total. The van der Waals surface area contributed by atoms with Crippen molar-refractivity contribution in [3.05, 3.63) is 40.7 Å². The van der Waals surface area contributed by atoms with Crippen molar-refractivity contribution in [3.8, 4) is 5.75 Å². The number of benzene rings is 1. The van der Waals surface area contributed by atoms with Gasteiger partial charge in [0.05, 0.1) is 18.5 Å². The largest absolute Gasteiger partial charge is 0.495 e. The van der Waals surface area contributed by atoms with E-state index in [-0.39, 0.29) is 5.91 Å². The zero-order valence-electron chi connectivity index (χ0n) is 11.6. The third kappa shape index (κ3) is 2.93. The lowest BCUT2D eigenvalue weighted by atomic mass is 10.2. The first-order valence-corrected chi connectivity index (χ1v) is 6.62. The molecule has 106 valence electrons. The van der Waals surface area contributed by atoms with E-state index in [0.717, 1.165) is 5.69 Å². The average Bonchev–Trinajstić information content (AvgIpc) is 2.80. The standard InChI is InChI=1S/C14H16ClN3O2/c1-4-18-12(7-9(2)17-18)14(19)16-11-8-10(15)5-6-13(11)20-3/h5-8H,4H2,1-3H3,(H,16,19). The van der Waals surface area contributed by atoms with Gasteiger partial charge in [0, 0.05) is 11.6 Å². The number of carbonyl (C=O) groups is 1. The van der Waals surface area contributed by atoms with Crippen LogP contribution in [0.5, 0.6) is 5.75 Å². The van der Waals surface area contributed by atoms with E-state index in [1.165, 1.54) is 0 Å². The molecule has 20 heavy (non-hydrogen) atoms. The molecular formula is C14H16ClN3O2. The number of ether oxygens (including phenoxy) is 1. The summed E-state index contributed by atoms with van der Waals surface area (Å²) in [6.45, 7) is 4.41. The van der Waals surface area contributed by atoms with E-state index in [1.54, 1.807) is 36.1 Å². The lowest BCUT2D eigenvalue weighted by Crippen LogP contribution is -2.17. The summed E-state index contributed by atoms with van der Waals surface area (Å²) < 4.78 is 6.86. The molecule has 1 aromatic heterocycles. The highest BCUT2D eigenvalue weighted by atomic mass is 35.5. The first-order valence-electron chi connectivity index (χ1n) is 6.24. The van der Waals surface area contributed by atoms with E-state index >= 15 is 0 Å². The number of nitrogens with zero attached hydrogens (tertiary/aromatic N) is 2. The van der Waals surface area contributed by atoms with E-state index in [4.69, 9.17) is 16.3 Å². The van der Waals surface area contributed by atoms with Crippen LogP contribution in [0, 0.1) is 6.92 Å². The Morgan fingerprint density at radius 3 is 2.85 bits per heavy atom. The van der Waals surface area contributed by atoms with Crippen LogP contribution in [-0.2, 0) is 6.54 Å². The Balaban J connectivity index is 2.29. The molecule has 0 spiro atoms. The predicted molar refractivity (Wildman–Crippen MR) is 78.6 cm³/mol. The van der Waals surface area contributed by atoms with Crippen LogP contribution in [0.15, 0.2) is 24.3 Å². The highest BCUT2D eigenvalue weighted by molar-refractivity contribution is 6.31. The van der Waals surface area contributed by atoms with Crippen molar-refractivity contribution in [2.75, 3.05) is 12.4 Å². The van der Waals surface area contributed by atoms with E-state index in [1.807, 2.05) is 13.8 Å². The Hall–Kier alpha value is -2.01. The Bertz CT molecular complexity index is 637. The number of hydrogen-bond donors (Lipinski definition) is 1. The molecule has 2 aromatic rings. The lowest BCUT2D eigenvalue weighted by molar-refractivity contribution is 0.101. The summed E-state index contributed by atoms with van der Waals surface area (Å²) in [4.78, 5) is 12.3. The van der Waals surface area contributed by atoms with E-state index in [2.05, 4.69) is 10.4 Å². The van der Waals surface area contributed by atoms with Crippen LogP contribution in [0.1, 0.15) is 23.1 Å². The molecule has 0 unspecified atom stereocenters. The predicted octanol–water partition coefficient (Wildman–Crippen LogP) is 3.13. The maximum absolute atomic E-state index is 12.3. The van der Waals surface area contributed by atoms with Gasteiger partial charge in [0.15, 0.2) is 0 Å². The van der Waals surface area contributed by atoms with Crippen molar-refractivity contribution >= 4 is 23.2 Å². The van der Waals surface area contributed by atoms with Crippen molar-refractivity contribution < 1.29 is 9.53 Å². The van der Waals surface area contributed by atoms with Crippen molar-refractivity contribution in [1.82, 2.24) is 9.78 Å². The summed E-state index contributed by atoms with van der Waals surface area (Å²) >= 11 is 5.94. The van der Waals surface area contributed by atoms with Gasteiger partial charge >= 0.3 is 0 Å². The van der Waals surface area contributed by atoms with Crippen LogP contribution in [-0.4, -0.2) is 22.8 Å². The molecule has 0 aliphatic heterocycles. The Morgan fingerprint density at radius 1 is 1.45 bits per heavy atom. The van der Waals surface area contributed by atoms with Gasteiger partial charge in [-0.2, -0.15) is 5.10 Å². The molecule has 1 N–H and O–H groups in total. The summed E-state index contributed by atoms with van der Waals surface area (Å²) in [5.74, 6) is 0.315. The van der Waals surface area contributed by atoms with Gasteiger partial charge in [-0.3, -0.25) is 9.48 Å². The van der Waals surface area contributed by atoms with Crippen LogP contribution in [0.4, 0.5) is 5.69 Å². The normalized spacial score (nSPS) is 10.4. The number of carbonyl (C=O) groups excluding carboxylic acids is 1. The fraction of sp³-hybridized carbons (Fsp3) is 0.286. The van der Waals surface area contributed by atoms with Crippen molar-refractivity contribution in [3.63, 3.8) is 0 Å². The zero-order valence-corrected chi connectivity index (χ0v) is 12.4. The molecule has 1 amide bonds. The van der Waals surface area contributed by atoms with E-state index in [9.17, 15) is 4.79 Å². The van der Waals surface area contributed by atoms with E-state index < -0.39 is 0 Å². The highest BCUT2D eigenvalue weighted by Gasteiger charge is 2.15. The minimum Gasteiger partial charge on any atom is -0.495 e. The van der Waals surface area contributed by atoms with Crippen molar-refractivity contribution in [2.24, 2.45) is 0 Å². The molecule has 0 saturated heterocycles. The quantitative estimate of drug-likeness (QED) is 0.942. The molecule has 6 heteroatoms. The number of anilines is 1. The molecule has 0 atom stereocenters. The number of rotatable bonds is 4. The number of hydrogen-bond acceptors (Lipinski definition) is 3. The number of halogens is 1. The van der Waals surface area contributed by atoms with Gasteiger partial charge in [-0.15, -0.1) is 0 Å². The molecule has 0 fully saturated rings. The second-order valence-electron chi connectivity index (χ2n) is 4.29. The number of nitrogens with one attached hydrogen (secondary N) is 1. The van der Waals surface area contributed by atoms with Crippen molar-refractivity contribution in [2.45, 2.75) is 20.4 Å². The lowest BCUT2D eigenvalue weighted by Gasteiger charge is -2.11. The minimum absolute atomic E-state index is 0.243. The fourth-order valence-electron chi connectivity index (χ4n) is 1.93. The highest BCUT2D eigenvalue weighted by Crippen LogP contribution is 2.28. The minimum atomic E-state index is -0.243. The molecule has 0 bridgehead atoms. The molecule has 0 radical (unpaired) electrons. The van der Waals surface area contributed by atoms with Gasteiger partial charge in [0.1, 0.15) is 11.4 Å². The Labute approximate surface area is 122 Å². The Kier molecular flexibility index (Phi) is 4.29. The summed E-state index contributed by atoms with van der Waals surface area (Å²) in [7, 11) is 1.54. The van der Waals surface area contributed by atoms with Gasteiger partial charge < -0.3 is 10.1 Å². The maximum Gasteiger partial charge on any atom is 0.274 e. The summed E-state index contributed by atoms with van der Waals surface area (Å²) in [6.07, 6.45) is 0. The zero-order chi connectivity index (χ0) is 14.7. The molecule has 0 saturated carbocycles. The van der Waals surface area contributed by atoms with Gasteiger partial charge in [-0.05, 0) is 38.1 Å². The average molecular weight is 294 g/mol. The first-order chi connectivity index (χ1) is 9.55. The topological polar surface area (TPSA) is 56.2 Å². The Morgan fingerprint density at radius 2 is 2.20 bits per heavy atom. The van der Waals surface area contributed by atoms with Crippen LogP contribution < -0.4 is 10.1 Å². The third-order valence-corrected chi connectivity index (χ3v) is 3.08. The van der Waals surface area contributed by atoms with Gasteiger partial charge in [0.2, 0.25) is 0 Å². The van der Waals surface area contributed by atoms with Gasteiger partial charge in [-0.25, -0.2) is 0 Å². The summed E-state index contributed by atoms with van der Waals surface area (Å²) in [5.41, 5.74) is 1.84. The molecule has 1 aromatic carbocycles. The number of aromatic nitrogens is 2. The SMILES string of the molecule is CCn1nc(C)cc1C(=O)Nc1cc(Cl)ccc1OC. The van der Waals surface area contributed by atoms with Crippen LogP contribution in [0.2, 0.25) is 5.02 Å². The van der Waals surface area contributed by atoms with Gasteiger partial charge in [-0.1, -0.05) is 11.6 Å². The molecule has 0 aliphatic rings. The van der Waals surface area contributed by atoms with E-state index in [0.29, 0.717) is 28.7 Å². The maximum atomic E-state index is 12.3. The number of aryl methyl sites for hydroxylation is 2. The summed E-state index contributed by atoms with van der Waals surface area (Å²) in [5, 5.41) is 7.58. The molecular weight excluding hydrogens is 278 g/mol. The van der Waals surface area contributed by atoms with Crippen LogP contribution >= 0.6 is 11.6 Å². The fourth-order valence-corrected chi connectivity index (χ4v) is 2.11. The smallest absolute Gasteiger partial charge is 0.274 e. The second kappa shape index (κ2) is 5.96. The van der Waals surface area contributed by atoms with Gasteiger partial charge in [0.25, 0.3) is 5.91 Å². The summed E-state index contributed by atoms with van der Waals surface area (Å²) in [6, 6.07) is 6.81. The van der Waals surface area contributed by atoms with Crippen LogP contribution in [0.3, 0.4) is 0 Å². The third-order valence-electron chi connectivity index (χ3n) is 2.84.